The maximum absolute atomic E-state index is 13.5. The highest BCUT2D eigenvalue weighted by Crippen LogP contribution is 2.40. The molecule has 0 amide bonds. The molecule has 136 valence electrons. The first-order valence-electron chi connectivity index (χ1n) is 8.35. The van der Waals surface area contributed by atoms with Gasteiger partial charge in [0.05, 0.1) is 6.04 Å². The van der Waals surface area contributed by atoms with E-state index in [0.29, 0.717) is 16.6 Å². The van der Waals surface area contributed by atoms with Crippen LogP contribution in [-0.4, -0.2) is 21.8 Å². The number of aromatic nitrogens is 2. The van der Waals surface area contributed by atoms with Crippen LogP contribution in [0.2, 0.25) is 5.15 Å². The lowest BCUT2D eigenvalue weighted by atomic mass is 9.79. The van der Waals surface area contributed by atoms with Crippen LogP contribution < -0.4 is 5.32 Å². The van der Waals surface area contributed by atoms with Crippen molar-refractivity contribution in [2.24, 2.45) is 4.99 Å². The van der Waals surface area contributed by atoms with Crippen molar-refractivity contribution in [3.8, 4) is 0 Å². The Bertz CT molecular complexity index is 958. The number of pyridine rings is 2. The number of amidine groups is 1. The fourth-order valence-electron chi connectivity index (χ4n) is 3.41. The summed E-state index contributed by atoms with van der Waals surface area (Å²) >= 11 is 6.01. The second-order valence-corrected chi connectivity index (χ2v) is 6.72. The van der Waals surface area contributed by atoms with Crippen molar-refractivity contribution in [3.63, 3.8) is 0 Å². The van der Waals surface area contributed by atoms with Gasteiger partial charge >= 0.3 is 0 Å². The minimum atomic E-state index is -0.889. The zero-order valence-electron chi connectivity index (χ0n) is 14.3. The van der Waals surface area contributed by atoms with Gasteiger partial charge in [0.1, 0.15) is 22.3 Å². The third kappa shape index (κ3) is 3.06. The number of aliphatic imine (C=N–C) groups is 1. The van der Waals surface area contributed by atoms with Crippen LogP contribution in [0.25, 0.3) is 0 Å². The maximum atomic E-state index is 13.5. The summed E-state index contributed by atoms with van der Waals surface area (Å²) in [7, 11) is 0. The van der Waals surface area contributed by atoms with Gasteiger partial charge in [0.2, 0.25) is 5.95 Å². The highest BCUT2D eigenvalue weighted by molar-refractivity contribution is 6.29. The molecule has 0 aliphatic carbocycles. The van der Waals surface area contributed by atoms with Gasteiger partial charge < -0.3 is 5.32 Å². The Labute approximate surface area is 160 Å². The number of hydrogen-bond acceptors (Lipinski definition) is 4. The maximum Gasteiger partial charge on any atom is 0.212 e. The molecule has 7 heteroatoms. The van der Waals surface area contributed by atoms with Crippen molar-refractivity contribution in [1.29, 1.82) is 0 Å². The third-order valence-electron chi connectivity index (χ3n) is 4.72. The van der Waals surface area contributed by atoms with E-state index in [4.69, 9.17) is 16.6 Å². The fourth-order valence-corrected chi connectivity index (χ4v) is 3.59. The molecule has 4 nitrogen and oxygen atoms in total. The molecule has 1 aliphatic heterocycles. The van der Waals surface area contributed by atoms with Crippen LogP contribution in [0.3, 0.4) is 0 Å². The molecule has 3 heterocycles. The summed E-state index contributed by atoms with van der Waals surface area (Å²) < 4.78 is 26.9. The summed E-state index contributed by atoms with van der Waals surface area (Å²) in [5.41, 5.74) is 1.36. The molecule has 4 rings (SSSR count). The summed E-state index contributed by atoms with van der Waals surface area (Å²) in [5, 5.41) is 3.72. The average Bonchev–Trinajstić information content (AvgIpc) is 3.01. The van der Waals surface area contributed by atoms with Gasteiger partial charge in [-0.25, -0.2) is 19.4 Å². The average molecular weight is 385 g/mol. The van der Waals surface area contributed by atoms with E-state index in [0.717, 1.165) is 11.1 Å². The zero-order chi connectivity index (χ0) is 19.0. The smallest absolute Gasteiger partial charge is 0.212 e. The second kappa shape index (κ2) is 6.70. The Morgan fingerprint density at radius 3 is 2.41 bits per heavy atom. The third-order valence-corrected chi connectivity index (χ3v) is 4.93. The van der Waals surface area contributed by atoms with Crippen molar-refractivity contribution >= 4 is 17.4 Å². The van der Waals surface area contributed by atoms with Crippen molar-refractivity contribution < 1.29 is 8.78 Å². The fraction of sp³-hybridized carbons (Fsp3) is 0.150. The van der Waals surface area contributed by atoms with Crippen LogP contribution in [0.15, 0.2) is 65.9 Å². The molecule has 3 aromatic rings. The van der Waals surface area contributed by atoms with Crippen LogP contribution in [-0.2, 0) is 5.54 Å². The topological polar surface area (TPSA) is 50.2 Å². The molecule has 1 aromatic carbocycles. The van der Waals surface area contributed by atoms with E-state index in [-0.39, 0.29) is 11.9 Å². The van der Waals surface area contributed by atoms with Crippen molar-refractivity contribution in [2.75, 3.05) is 0 Å². The van der Waals surface area contributed by atoms with Crippen LogP contribution in [0, 0.1) is 11.8 Å². The molecule has 0 saturated carbocycles. The van der Waals surface area contributed by atoms with Gasteiger partial charge in [-0.2, -0.15) is 4.39 Å². The van der Waals surface area contributed by atoms with E-state index >= 15 is 0 Å². The molecule has 1 unspecified atom stereocenters. The molecule has 2 aromatic heterocycles. The molecule has 0 radical (unpaired) electrons. The quantitative estimate of drug-likeness (QED) is 0.692. The standard InChI is InChI=1S/C20H15ClF2N4/c1-12-20(14-2-5-16(22)6-3-14,15-4-7-18(23)25-11-15)27-19(26-12)13-8-9-24-17(21)10-13/h2-12H,1H3,(H,26,27)/t12-,20?/m0/s1. The monoisotopic (exact) mass is 384 g/mol. The SMILES string of the molecule is C[C@@H]1NC(c2ccnc(Cl)c2)=NC1(c1ccc(F)cc1)c1ccc(F)nc1. The Hall–Kier alpha value is -2.86. The predicted molar refractivity (Wildman–Crippen MR) is 99.8 cm³/mol. The van der Waals surface area contributed by atoms with Crippen LogP contribution >= 0.6 is 11.6 Å². The van der Waals surface area contributed by atoms with Gasteiger partial charge in [-0.15, -0.1) is 0 Å². The van der Waals surface area contributed by atoms with E-state index in [1.807, 2.05) is 6.92 Å². The molecule has 1 N–H and O–H groups in total. The molecule has 1 aliphatic rings. The lowest BCUT2D eigenvalue weighted by Gasteiger charge is -2.31. The number of nitrogens with one attached hydrogen (secondary N) is 1. The van der Waals surface area contributed by atoms with Gasteiger partial charge in [0.25, 0.3) is 0 Å². The predicted octanol–water partition coefficient (Wildman–Crippen LogP) is 4.09. The number of benzene rings is 1. The molecule has 0 bridgehead atoms. The highest BCUT2D eigenvalue weighted by atomic mass is 35.5. The number of halogens is 3. The van der Waals surface area contributed by atoms with Gasteiger partial charge in [-0.3, -0.25) is 0 Å². The van der Waals surface area contributed by atoms with Gasteiger partial charge in [0, 0.05) is 23.5 Å². The molecule has 0 spiro atoms. The van der Waals surface area contributed by atoms with Crippen molar-refractivity contribution in [1.82, 2.24) is 15.3 Å². The lowest BCUT2D eigenvalue weighted by Crippen LogP contribution is -2.41. The van der Waals surface area contributed by atoms with E-state index in [2.05, 4.69) is 15.3 Å². The summed E-state index contributed by atoms with van der Waals surface area (Å²) in [4.78, 5) is 12.7. The van der Waals surface area contributed by atoms with E-state index in [9.17, 15) is 8.78 Å². The highest BCUT2D eigenvalue weighted by Gasteiger charge is 2.45. The number of rotatable bonds is 3. The van der Waals surface area contributed by atoms with E-state index in [1.165, 1.54) is 24.4 Å². The molecule has 2 atom stereocenters. The molecular weight excluding hydrogens is 370 g/mol. The normalized spacial score (nSPS) is 21.6. The zero-order valence-corrected chi connectivity index (χ0v) is 15.1. The number of nitrogens with zero attached hydrogens (tertiary/aromatic N) is 3. The minimum Gasteiger partial charge on any atom is -0.364 e. The largest absolute Gasteiger partial charge is 0.364 e. The number of hydrogen-bond donors (Lipinski definition) is 1. The first kappa shape index (κ1) is 17.5. The van der Waals surface area contributed by atoms with E-state index in [1.54, 1.807) is 36.5 Å². The van der Waals surface area contributed by atoms with Gasteiger partial charge in [-0.05, 0) is 42.8 Å². The van der Waals surface area contributed by atoms with Crippen LogP contribution in [0.5, 0.6) is 0 Å². The Morgan fingerprint density at radius 1 is 1.00 bits per heavy atom. The first-order chi connectivity index (χ1) is 13.0. The molecule has 0 saturated heterocycles. The summed E-state index contributed by atoms with van der Waals surface area (Å²) in [6.45, 7) is 1.96. The van der Waals surface area contributed by atoms with Crippen molar-refractivity contribution in [2.45, 2.75) is 18.5 Å². The molecule has 27 heavy (non-hydrogen) atoms. The van der Waals surface area contributed by atoms with Gasteiger partial charge in [0.15, 0.2) is 0 Å². The van der Waals surface area contributed by atoms with Gasteiger partial charge in [-0.1, -0.05) is 29.8 Å². The van der Waals surface area contributed by atoms with Crippen LogP contribution in [0.1, 0.15) is 23.6 Å². The van der Waals surface area contributed by atoms with Crippen molar-refractivity contribution in [3.05, 3.63) is 94.5 Å². The summed E-state index contributed by atoms with van der Waals surface area (Å²) in [6, 6.07) is 12.4. The summed E-state index contributed by atoms with van der Waals surface area (Å²) in [6.07, 6.45) is 3.06. The first-order valence-corrected chi connectivity index (χ1v) is 8.73. The Morgan fingerprint density at radius 2 is 1.74 bits per heavy atom. The lowest BCUT2D eigenvalue weighted by molar-refractivity contribution is 0.449. The Kier molecular flexibility index (Phi) is 4.36. The second-order valence-electron chi connectivity index (χ2n) is 6.34. The van der Waals surface area contributed by atoms with Crippen LogP contribution in [0.4, 0.5) is 8.78 Å². The molecular formula is C20H15ClF2N4. The minimum absolute atomic E-state index is 0.197. The summed E-state index contributed by atoms with van der Waals surface area (Å²) in [5.74, 6) is -0.285. The Balaban J connectivity index is 1.92. The molecule has 0 fully saturated rings. The van der Waals surface area contributed by atoms with E-state index < -0.39 is 11.5 Å².